The van der Waals surface area contributed by atoms with E-state index >= 15 is 0 Å². The number of hydrogen-bond acceptors (Lipinski definition) is 2. The van der Waals surface area contributed by atoms with Crippen LogP contribution < -0.4 is 5.32 Å². The molecule has 1 heterocycles. The Balaban J connectivity index is 2.41. The summed E-state index contributed by atoms with van der Waals surface area (Å²) in [7, 11) is 0. The molecule has 0 spiro atoms. The molecule has 1 saturated heterocycles. The zero-order valence-corrected chi connectivity index (χ0v) is 11.1. The molecule has 1 aliphatic rings. The quantitative estimate of drug-likeness (QED) is 0.850. The zero-order valence-electron chi connectivity index (χ0n) is 11.1. The van der Waals surface area contributed by atoms with E-state index in [1.165, 1.54) is 0 Å². The fourth-order valence-electron chi connectivity index (χ4n) is 2.65. The van der Waals surface area contributed by atoms with E-state index in [1.807, 2.05) is 13.8 Å². The average molecular weight is 273 g/mol. The molecule has 1 fully saturated rings. The first-order valence-corrected chi connectivity index (χ1v) is 6.49. The summed E-state index contributed by atoms with van der Waals surface area (Å²) in [6.45, 7) is 4.93. The van der Waals surface area contributed by atoms with Crippen molar-refractivity contribution in [2.24, 2.45) is 0 Å². The van der Waals surface area contributed by atoms with Gasteiger partial charge < -0.3 is 10.1 Å². The van der Waals surface area contributed by atoms with E-state index in [1.54, 1.807) is 0 Å². The summed E-state index contributed by atoms with van der Waals surface area (Å²) in [5.41, 5.74) is -0.480. The molecule has 0 amide bonds. The van der Waals surface area contributed by atoms with Gasteiger partial charge in [-0.1, -0.05) is 6.92 Å². The summed E-state index contributed by atoms with van der Waals surface area (Å²) in [6, 6.07) is 1.02. The summed E-state index contributed by atoms with van der Waals surface area (Å²) in [5.74, 6) is -2.96. The predicted molar refractivity (Wildman–Crippen MR) is 66.3 cm³/mol. The minimum Gasteiger partial charge on any atom is -0.373 e. The molecule has 5 heteroatoms. The molecule has 0 saturated carbocycles. The van der Waals surface area contributed by atoms with Crippen molar-refractivity contribution >= 4 is 0 Å². The summed E-state index contributed by atoms with van der Waals surface area (Å²) in [4.78, 5) is 0. The highest BCUT2D eigenvalue weighted by atomic mass is 19.2. The minimum absolute atomic E-state index is 0.116. The maximum absolute atomic E-state index is 13.9. The van der Waals surface area contributed by atoms with Crippen LogP contribution in [-0.2, 0) is 4.74 Å². The molecule has 2 nitrogen and oxygen atoms in total. The first-order chi connectivity index (χ1) is 8.98. The van der Waals surface area contributed by atoms with Gasteiger partial charge in [0.2, 0.25) is 0 Å². The Morgan fingerprint density at radius 2 is 1.95 bits per heavy atom. The minimum atomic E-state index is -1.17. The second kappa shape index (κ2) is 5.51. The molecule has 1 aromatic rings. The van der Waals surface area contributed by atoms with Crippen LogP contribution in [0.4, 0.5) is 13.2 Å². The Morgan fingerprint density at radius 1 is 1.26 bits per heavy atom. The van der Waals surface area contributed by atoms with Gasteiger partial charge in [-0.25, -0.2) is 13.2 Å². The van der Waals surface area contributed by atoms with Gasteiger partial charge in [0.05, 0.1) is 11.6 Å². The van der Waals surface area contributed by atoms with Crippen LogP contribution in [0.5, 0.6) is 0 Å². The lowest BCUT2D eigenvalue weighted by atomic mass is 9.87. The maximum Gasteiger partial charge on any atom is 0.161 e. The lowest BCUT2D eigenvalue weighted by molar-refractivity contribution is -0.0131. The van der Waals surface area contributed by atoms with Crippen molar-refractivity contribution in [2.45, 2.75) is 38.3 Å². The number of rotatable bonds is 4. The van der Waals surface area contributed by atoms with E-state index in [9.17, 15) is 13.2 Å². The highest BCUT2D eigenvalue weighted by Gasteiger charge is 2.40. The molecule has 0 aromatic heterocycles. The number of likely N-dealkylation sites (N-methyl/N-ethyl adjacent to an activating group) is 1. The number of halogens is 3. The Labute approximate surface area is 111 Å². The molecule has 2 unspecified atom stereocenters. The second-order valence-electron chi connectivity index (χ2n) is 5.04. The standard InChI is InChI=1S/C14H18F3NO/c1-3-18-13(14(2)5-4-6-19-14)9-7-11(16)12(17)8-10(9)15/h7-8,13,18H,3-6H2,1-2H3. The SMILES string of the molecule is CCNC(c1cc(F)c(F)cc1F)C1(C)CCCO1. The van der Waals surface area contributed by atoms with E-state index < -0.39 is 29.1 Å². The molecular weight excluding hydrogens is 255 g/mol. The van der Waals surface area contributed by atoms with Crippen molar-refractivity contribution in [1.29, 1.82) is 0 Å². The molecule has 0 radical (unpaired) electrons. The van der Waals surface area contributed by atoms with Crippen molar-refractivity contribution < 1.29 is 17.9 Å². The predicted octanol–water partition coefficient (Wildman–Crippen LogP) is 3.32. The molecule has 1 aliphatic heterocycles. The average Bonchev–Trinajstić information content (AvgIpc) is 2.79. The third-order valence-electron chi connectivity index (χ3n) is 3.62. The number of benzene rings is 1. The van der Waals surface area contributed by atoms with Gasteiger partial charge in [0.1, 0.15) is 5.82 Å². The molecular formula is C14H18F3NO. The lowest BCUT2D eigenvalue weighted by Crippen LogP contribution is -2.41. The summed E-state index contributed by atoms with van der Waals surface area (Å²) in [6.07, 6.45) is 1.63. The van der Waals surface area contributed by atoms with E-state index in [-0.39, 0.29) is 5.56 Å². The lowest BCUT2D eigenvalue weighted by Gasteiger charge is -2.34. The van der Waals surface area contributed by atoms with Crippen molar-refractivity contribution in [3.05, 3.63) is 35.1 Å². The molecule has 19 heavy (non-hydrogen) atoms. The highest BCUT2D eigenvalue weighted by Crippen LogP contribution is 2.38. The van der Waals surface area contributed by atoms with Gasteiger partial charge in [-0.3, -0.25) is 0 Å². The Kier molecular flexibility index (Phi) is 4.16. The third kappa shape index (κ3) is 2.77. The monoisotopic (exact) mass is 273 g/mol. The fourth-order valence-corrected chi connectivity index (χ4v) is 2.65. The van der Waals surface area contributed by atoms with E-state index in [2.05, 4.69) is 5.32 Å². The van der Waals surface area contributed by atoms with Crippen LogP contribution in [0.15, 0.2) is 12.1 Å². The first-order valence-electron chi connectivity index (χ1n) is 6.49. The van der Waals surface area contributed by atoms with Gasteiger partial charge in [-0.05, 0) is 32.4 Å². The summed E-state index contributed by atoms with van der Waals surface area (Å²) in [5, 5.41) is 3.11. The summed E-state index contributed by atoms with van der Waals surface area (Å²) >= 11 is 0. The Hall–Kier alpha value is -1.07. The highest BCUT2D eigenvalue weighted by molar-refractivity contribution is 5.26. The number of ether oxygens (including phenoxy) is 1. The molecule has 2 rings (SSSR count). The second-order valence-corrected chi connectivity index (χ2v) is 5.04. The van der Waals surface area contributed by atoms with Crippen LogP contribution in [-0.4, -0.2) is 18.8 Å². The van der Waals surface area contributed by atoms with Gasteiger partial charge in [0, 0.05) is 18.2 Å². The van der Waals surface area contributed by atoms with Gasteiger partial charge in [-0.15, -0.1) is 0 Å². The topological polar surface area (TPSA) is 21.3 Å². The van der Waals surface area contributed by atoms with Crippen molar-refractivity contribution in [1.82, 2.24) is 5.32 Å². The van der Waals surface area contributed by atoms with Crippen LogP contribution in [0.1, 0.15) is 38.3 Å². The molecule has 1 N–H and O–H groups in total. The third-order valence-corrected chi connectivity index (χ3v) is 3.62. The van der Waals surface area contributed by atoms with E-state index in [4.69, 9.17) is 4.74 Å². The normalized spacial score (nSPS) is 24.7. The smallest absolute Gasteiger partial charge is 0.161 e. The van der Waals surface area contributed by atoms with Crippen molar-refractivity contribution in [3.8, 4) is 0 Å². The van der Waals surface area contributed by atoms with Crippen LogP contribution >= 0.6 is 0 Å². The summed E-state index contributed by atoms with van der Waals surface area (Å²) < 4.78 is 46.0. The van der Waals surface area contributed by atoms with Crippen LogP contribution in [0, 0.1) is 17.5 Å². The Morgan fingerprint density at radius 3 is 2.53 bits per heavy atom. The Bertz CT molecular complexity index is 458. The van der Waals surface area contributed by atoms with Crippen molar-refractivity contribution in [2.75, 3.05) is 13.2 Å². The van der Waals surface area contributed by atoms with Crippen LogP contribution in [0.2, 0.25) is 0 Å². The maximum atomic E-state index is 13.9. The van der Waals surface area contributed by atoms with Crippen LogP contribution in [0.25, 0.3) is 0 Å². The van der Waals surface area contributed by atoms with Crippen molar-refractivity contribution in [3.63, 3.8) is 0 Å². The van der Waals surface area contributed by atoms with E-state index in [0.29, 0.717) is 19.2 Å². The molecule has 106 valence electrons. The van der Waals surface area contributed by atoms with Gasteiger partial charge in [-0.2, -0.15) is 0 Å². The zero-order chi connectivity index (χ0) is 14.0. The molecule has 0 bridgehead atoms. The molecule has 0 aliphatic carbocycles. The van der Waals surface area contributed by atoms with Gasteiger partial charge >= 0.3 is 0 Å². The molecule has 1 aromatic carbocycles. The number of nitrogens with one attached hydrogen (secondary N) is 1. The van der Waals surface area contributed by atoms with Crippen LogP contribution in [0.3, 0.4) is 0 Å². The largest absolute Gasteiger partial charge is 0.373 e. The van der Waals surface area contributed by atoms with Gasteiger partial charge in [0.15, 0.2) is 11.6 Å². The molecule has 2 atom stereocenters. The number of hydrogen-bond donors (Lipinski definition) is 1. The van der Waals surface area contributed by atoms with Gasteiger partial charge in [0.25, 0.3) is 0 Å². The fraction of sp³-hybridized carbons (Fsp3) is 0.571. The first kappa shape index (κ1) is 14.3. The van der Waals surface area contributed by atoms with E-state index in [0.717, 1.165) is 18.9 Å².